The summed E-state index contributed by atoms with van der Waals surface area (Å²) in [5, 5.41) is 8.72. The summed E-state index contributed by atoms with van der Waals surface area (Å²) in [4.78, 5) is 55.8. The topological polar surface area (TPSA) is 120 Å². The van der Waals surface area contributed by atoms with Crippen LogP contribution in [-0.2, 0) is 27.4 Å². The van der Waals surface area contributed by atoms with Crippen molar-refractivity contribution in [3.8, 4) is 0 Å². The third kappa shape index (κ3) is 8.12. The van der Waals surface area contributed by atoms with Crippen LogP contribution in [0.25, 0.3) is 0 Å². The Bertz CT molecular complexity index is 1310. The van der Waals surface area contributed by atoms with Gasteiger partial charge in [0.05, 0.1) is 5.69 Å². The molecule has 238 valence electrons. The van der Waals surface area contributed by atoms with Gasteiger partial charge < -0.3 is 30.5 Å². The van der Waals surface area contributed by atoms with E-state index in [1.807, 2.05) is 49.4 Å². The van der Waals surface area contributed by atoms with Crippen molar-refractivity contribution >= 4 is 61.5 Å². The molecule has 2 fully saturated rings. The van der Waals surface area contributed by atoms with E-state index >= 15 is 0 Å². The lowest BCUT2D eigenvalue weighted by atomic mass is 9.81. The summed E-state index contributed by atoms with van der Waals surface area (Å²) in [6, 6.07) is 12.6. The molecule has 2 aromatic carbocycles. The summed E-state index contributed by atoms with van der Waals surface area (Å²) in [6.07, 6.45) is 3.64. The normalized spacial score (nSPS) is 17.8. The van der Waals surface area contributed by atoms with Gasteiger partial charge in [0.2, 0.25) is 11.8 Å². The van der Waals surface area contributed by atoms with E-state index in [4.69, 9.17) is 4.74 Å². The molecule has 4 rings (SSSR count). The zero-order chi connectivity index (χ0) is 31.7. The Hall–Kier alpha value is -3.12. The van der Waals surface area contributed by atoms with Crippen LogP contribution in [0.3, 0.4) is 0 Å². The number of amides is 5. The molecule has 0 bridgehead atoms. The van der Waals surface area contributed by atoms with Crippen molar-refractivity contribution in [3.05, 3.63) is 62.5 Å². The molecule has 2 aliphatic rings. The van der Waals surface area contributed by atoms with Gasteiger partial charge in [-0.25, -0.2) is 9.59 Å². The van der Waals surface area contributed by atoms with Crippen LogP contribution < -0.4 is 16.0 Å². The van der Waals surface area contributed by atoms with Crippen molar-refractivity contribution in [2.75, 3.05) is 31.5 Å². The summed E-state index contributed by atoms with van der Waals surface area (Å²) in [7, 11) is 0. The zero-order valence-corrected chi connectivity index (χ0v) is 28.5. The summed E-state index contributed by atoms with van der Waals surface area (Å²) in [6.45, 7) is 5.87. The first kappa shape index (κ1) is 33.8. The summed E-state index contributed by atoms with van der Waals surface area (Å²) in [5.41, 5.74) is 1.75. The quantitative estimate of drug-likeness (QED) is 0.246. The first-order valence-electron chi connectivity index (χ1n) is 15.3. The average Bonchev–Trinajstić information content (AvgIpc) is 3.02. The first-order chi connectivity index (χ1) is 21.2. The molecular formula is C32H41Br2N5O5. The summed E-state index contributed by atoms with van der Waals surface area (Å²) in [5.74, 6) is -0.234. The lowest BCUT2D eigenvalue weighted by Gasteiger charge is -2.51. The molecule has 1 atom stereocenters. The summed E-state index contributed by atoms with van der Waals surface area (Å²) < 4.78 is 6.82. The number of unbranched alkanes of at least 4 members (excludes halogenated alkanes) is 1. The minimum absolute atomic E-state index is 0.0801. The average molecular weight is 736 g/mol. The number of carbonyl (C=O) groups is 4. The maximum Gasteiger partial charge on any atom is 0.407 e. The number of piperazine rings is 1. The number of hydrogen-bond acceptors (Lipinski definition) is 5. The smallest absolute Gasteiger partial charge is 0.407 e. The second-order valence-electron chi connectivity index (χ2n) is 11.2. The molecule has 2 aliphatic heterocycles. The van der Waals surface area contributed by atoms with E-state index in [1.165, 1.54) is 0 Å². The van der Waals surface area contributed by atoms with Gasteiger partial charge in [-0.1, -0.05) is 44.2 Å². The maximum atomic E-state index is 13.6. The molecule has 1 spiro atoms. The number of ether oxygens (including phenoxy) is 1. The molecule has 0 radical (unpaired) electrons. The van der Waals surface area contributed by atoms with E-state index in [-0.39, 0.29) is 24.5 Å². The van der Waals surface area contributed by atoms with Gasteiger partial charge in [0.15, 0.2) is 0 Å². The molecule has 3 N–H and O–H groups in total. The number of alkyl carbamates (subject to hydrolysis) is 1. The fourth-order valence-electron chi connectivity index (χ4n) is 5.77. The zero-order valence-electron chi connectivity index (χ0n) is 25.3. The summed E-state index contributed by atoms with van der Waals surface area (Å²) >= 11 is 7.11. The highest BCUT2D eigenvalue weighted by atomic mass is 79.9. The highest BCUT2D eigenvalue weighted by Crippen LogP contribution is 2.36. The van der Waals surface area contributed by atoms with Crippen LogP contribution in [0.4, 0.5) is 15.3 Å². The predicted molar refractivity (Wildman–Crippen MR) is 176 cm³/mol. The Labute approximate surface area is 275 Å². The van der Waals surface area contributed by atoms with Crippen molar-refractivity contribution in [2.24, 2.45) is 0 Å². The standard InChI is InChI=1S/C32H41Br2N5O5/c1-3-16-39-28(40)26(12-8-9-15-35-31(43)44-21-23-10-6-5-7-11-23)36-29(41)32(39)13-17-38(18-14-32)30(42)37-27-24(33)19-22(4-2)20-25(27)34/h5-7,10-11,19-20,26H,3-4,8-9,12-18,21H2,1-2H3,(H,35,43)(H,36,41)(H,37,42)/t26-/m0/s1. The maximum absolute atomic E-state index is 13.6. The molecule has 44 heavy (non-hydrogen) atoms. The molecule has 2 aromatic rings. The number of likely N-dealkylation sites (tertiary alicyclic amines) is 1. The molecule has 0 saturated carbocycles. The van der Waals surface area contributed by atoms with Crippen molar-refractivity contribution < 1.29 is 23.9 Å². The first-order valence-corrected chi connectivity index (χ1v) is 16.9. The van der Waals surface area contributed by atoms with Crippen molar-refractivity contribution in [2.45, 2.75) is 77.0 Å². The van der Waals surface area contributed by atoms with Crippen molar-refractivity contribution in [3.63, 3.8) is 0 Å². The van der Waals surface area contributed by atoms with Crippen LogP contribution in [0.1, 0.15) is 63.5 Å². The number of halogens is 2. The third-order valence-corrected chi connectivity index (χ3v) is 9.53. The number of piperidine rings is 1. The number of nitrogens with one attached hydrogen (secondary N) is 3. The fraction of sp³-hybridized carbons (Fsp3) is 0.500. The minimum Gasteiger partial charge on any atom is -0.445 e. The van der Waals surface area contributed by atoms with Crippen LogP contribution >= 0.6 is 31.9 Å². The molecule has 10 nitrogen and oxygen atoms in total. The van der Waals surface area contributed by atoms with E-state index in [1.54, 1.807) is 9.80 Å². The number of aryl methyl sites for hydroxylation is 1. The van der Waals surface area contributed by atoms with Gasteiger partial charge >= 0.3 is 12.1 Å². The number of nitrogens with zero attached hydrogens (tertiary/aromatic N) is 2. The van der Waals surface area contributed by atoms with Crippen molar-refractivity contribution in [1.82, 2.24) is 20.4 Å². The van der Waals surface area contributed by atoms with Crippen LogP contribution in [0.5, 0.6) is 0 Å². The Kier molecular flexibility index (Phi) is 12.1. The van der Waals surface area contributed by atoms with Gasteiger partial charge in [0.1, 0.15) is 18.2 Å². The highest BCUT2D eigenvalue weighted by Gasteiger charge is 2.53. The number of benzene rings is 2. The lowest BCUT2D eigenvalue weighted by molar-refractivity contribution is -0.160. The van der Waals surface area contributed by atoms with E-state index < -0.39 is 17.7 Å². The van der Waals surface area contributed by atoms with E-state index in [2.05, 4.69) is 54.7 Å². The lowest BCUT2D eigenvalue weighted by Crippen LogP contribution is -2.73. The Balaban J connectivity index is 1.26. The number of carbonyl (C=O) groups excluding carboxylic acids is 4. The van der Waals surface area contributed by atoms with E-state index in [0.29, 0.717) is 64.0 Å². The largest absolute Gasteiger partial charge is 0.445 e. The van der Waals surface area contributed by atoms with Gasteiger partial charge in [-0.15, -0.1) is 0 Å². The number of rotatable bonds is 11. The second-order valence-corrected chi connectivity index (χ2v) is 12.9. The number of hydrogen-bond donors (Lipinski definition) is 3. The van der Waals surface area contributed by atoms with Gasteiger partial charge in [-0.05, 0) is 100 Å². The van der Waals surface area contributed by atoms with Gasteiger partial charge in [-0.2, -0.15) is 0 Å². The molecule has 0 aromatic heterocycles. The Morgan fingerprint density at radius 3 is 2.34 bits per heavy atom. The predicted octanol–water partition coefficient (Wildman–Crippen LogP) is 5.97. The molecule has 12 heteroatoms. The van der Waals surface area contributed by atoms with E-state index in [9.17, 15) is 19.2 Å². The SMILES string of the molecule is CCCN1C(=O)[C@H](CCCCNC(=O)OCc2ccccc2)NC(=O)C12CCN(C(=O)Nc1c(Br)cc(CC)cc1Br)CC2. The van der Waals surface area contributed by atoms with Crippen LogP contribution in [0.2, 0.25) is 0 Å². The molecule has 0 aliphatic carbocycles. The molecule has 2 heterocycles. The van der Waals surface area contributed by atoms with Gasteiger partial charge in [-0.3, -0.25) is 9.59 Å². The van der Waals surface area contributed by atoms with Crippen LogP contribution in [-0.4, -0.2) is 71.5 Å². The number of anilines is 1. The van der Waals surface area contributed by atoms with Crippen molar-refractivity contribution in [1.29, 1.82) is 0 Å². The number of urea groups is 1. The molecular weight excluding hydrogens is 694 g/mol. The van der Waals surface area contributed by atoms with E-state index in [0.717, 1.165) is 32.9 Å². The molecule has 2 saturated heterocycles. The molecule has 5 amide bonds. The minimum atomic E-state index is -0.964. The highest BCUT2D eigenvalue weighted by molar-refractivity contribution is 9.11. The molecule has 0 unspecified atom stereocenters. The third-order valence-electron chi connectivity index (χ3n) is 8.28. The Morgan fingerprint density at radius 2 is 1.70 bits per heavy atom. The second kappa shape index (κ2) is 15.7. The monoisotopic (exact) mass is 733 g/mol. The van der Waals surface area contributed by atoms with Crippen LogP contribution in [0.15, 0.2) is 51.4 Å². The van der Waals surface area contributed by atoms with Crippen LogP contribution in [0, 0.1) is 0 Å². The Morgan fingerprint density at radius 1 is 1.02 bits per heavy atom. The fourth-order valence-corrected chi connectivity index (χ4v) is 7.25. The van der Waals surface area contributed by atoms with Gasteiger partial charge in [0.25, 0.3) is 0 Å². The van der Waals surface area contributed by atoms with Gasteiger partial charge in [0, 0.05) is 35.1 Å².